The molecule has 1 aromatic carbocycles. The molecule has 1 atom stereocenters. The zero-order valence-corrected chi connectivity index (χ0v) is 13.5. The van der Waals surface area contributed by atoms with Crippen LogP contribution in [-0.2, 0) is 29.5 Å². The monoisotopic (exact) mass is 325 g/mol. The van der Waals surface area contributed by atoms with Crippen LogP contribution in [-0.4, -0.2) is 33.4 Å². The van der Waals surface area contributed by atoms with Gasteiger partial charge in [-0.15, -0.1) is 5.10 Å². The lowest BCUT2D eigenvalue weighted by atomic mass is 10.1. The van der Waals surface area contributed by atoms with Gasteiger partial charge in [-0.1, -0.05) is 11.3 Å². The Labute approximate surface area is 139 Å². The largest absolute Gasteiger partial charge is 0.312 e. The smallest absolute Gasteiger partial charge is 0.231 e. The van der Waals surface area contributed by atoms with Crippen molar-refractivity contribution in [2.45, 2.75) is 25.7 Å². The van der Waals surface area contributed by atoms with Crippen molar-refractivity contribution in [3.8, 4) is 0 Å². The first kappa shape index (κ1) is 14.9. The van der Waals surface area contributed by atoms with E-state index in [0.29, 0.717) is 12.4 Å². The van der Waals surface area contributed by atoms with Crippen LogP contribution in [0.4, 0.5) is 11.5 Å². The Morgan fingerprint density at radius 3 is 2.92 bits per heavy atom. The van der Waals surface area contributed by atoms with Gasteiger partial charge in [-0.25, -0.2) is 4.68 Å². The van der Waals surface area contributed by atoms with Crippen molar-refractivity contribution in [2.24, 2.45) is 13.0 Å². The van der Waals surface area contributed by atoms with Crippen molar-refractivity contribution in [1.82, 2.24) is 15.0 Å². The molecule has 4 rings (SSSR count). The molecule has 0 saturated carbocycles. The van der Waals surface area contributed by atoms with E-state index in [4.69, 9.17) is 0 Å². The molecule has 124 valence electrons. The molecule has 1 aliphatic carbocycles. The average molecular weight is 325 g/mol. The first-order valence-corrected chi connectivity index (χ1v) is 8.19. The number of nitrogens with one attached hydrogen (secondary N) is 1. The molecule has 0 spiro atoms. The Morgan fingerprint density at radius 1 is 1.29 bits per heavy atom. The summed E-state index contributed by atoms with van der Waals surface area (Å²) in [6, 6.07) is 6.21. The molecule has 0 radical (unpaired) electrons. The molecule has 1 saturated heterocycles. The second kappa shape index (κ2) is 5.74. The maximum absolute atomic E-state index is 12.4. The van der Waals surface area contributed by atoms with E-state index >= 15 is 0 Å². The van der Waals surface area contributed by atoms with Gasteiger partial charge in [0.05, 0.1) is 12.1 Å². The number of hydrogen-bond donors (Lipinski definition) is 1. The average Bonchev–Trinajstić information content (AvgIpc) is 3.27. The fourth-order valence-electron chi connectivity index (χ4n) is 3.49. The van der Waals surface area contributed by atoms with Crippen molar-refractivity contribution in [2.75, 3.05) is 16.8 Å². The molecule has 7 nitrogen and oxygen atoms in total. The van der Waals surface area contributed by atoms with Crippen LogP contribution in [0.3, 0.4) is 0 Å². The van der Waals surface area contributed by atoms with Gasteiger partial charge in [-0.3, -0.25) is 9.59 Å². The molecule has 7 heteroatoms. The van der Waals surface area contributed by atoms with Gasteiger partial charge in [0, 0.05) is 25.7 Å². The van der Waals surface area contributed by atoms with Crippen LogP contribution in [0, 0.1) is 5.92 Å². The number of benzene rings is 1. The minimum Gasteiger partial charge on any atom is -0.312 e. The normalized spacial score (nSPS) is 19.6. The molecule has 1 aliphatic heterocycles. The highest BCUT2D eigenvalue weighted by atomic mass is 16.2. The summed E-state index contributed by atoms with van der Waals surface area (Å²) in [6.45, 7) is 0.411. The Hall–Kier alpha value is -2.70. The van der Waals surface area contributed by atoms with Crippen molar-refractivity contribution < 1.29 is 9.59 Å². The Bertz CT molecular complexity index is 813. The number of amides is 2. The molecule has 24 heavy (non-hydrogen) atoms. The molecule has 0 bridgehead atoms. The summed E-state index contributed by atoms with van der Waals surface area (Å²) in [5, 5.41) is 10.3. The highest BCUT2D eigenvalue weighted by Crippen LogP contribution is 2.30. The summed E-state index contributed by atoms with van der Waals surface area (Å²) in [5.74, 6) is -0.00211. The Morgan fingerprint density at radius 2 is 2.12 bits per heavy atom. The van der Waals surface area contributed by atoms with E-state index < -0.39 is 0 Å². The lowest BCUT2D eigenvalue weighted by Crippen LogP contribution is -2.28. The molecular weight excluding hydrogens is 306 g/mol. The minimum atomic E-state index is -0.361. The van der Waals surface area contributed by atoms with Crippen LogP contribution >= 0.6 is 0 Å². The first-order chi connectivity index (χ1) is 11.6. The molecular formula is C17H19N5O2. The number of hydrogen-bond acceptors (Lipinski definition) is 4. The predicted octanol–water partition coefficient (Wildman–Crippen LogP) is 1.30. The number of aryl methyl sites for hydroxylation is 3. The molecule has 1 N–H and O–H groups in total. The summed E-state index contributed by atoms with van der Waals surface area (Å²) in [5.41, 5.74) is 3.61. The van der Waals surface area contributed by atoms with Gasteiger partial charge in [0.25, 0.3) is 0 Å². The Balaban J connectivity index is 1.48. The van der Waals surface area contributed by atoms with Crippen LogP contribution in [0.1, 0.15) is 24.0 Å². The maximum atomic E-state index is 12.4. The second-order valence-electron chi connectivity index (χ2n) is 6.44. The molecule has 2 aliphatic rings. The third-order valence-corrected chi connectivity index (χ3v) is 4.86. The van der Waals surface area contributed by atoms with E-state index in [1.165, 1.54) is 28.4 Å². The molecule has 1 fully saturated rings. The van der Waals surface area contributed by atoms with Gasteiger partial charge in [0.2, 0.25) is 11.8 Å². The third-order valence-electron chi connectivity index (χ3n) is 4.86. The summed E-state index contributed by atoms with van der Waals surface area (Å²) in [7, 11) is 1.71. The zero-order chi connectivity index (χ0) is 16.7. The van der Waals surface area contributed by atoms with Gasteiger partial charge in [0.15, 0.2) is 5.82 Å². The summed E-state index contributed by atoms with van der Waals surface area (Å²) < 4.78 is 1.49. The third kappa shape index (κ3) is 2.55. The van der Waals surface area contributed by atoms with Gasteiger partial charge < -0.3 is 10.2 Å². The van der Waals surface area contributed by atoms with Crippen LogP contribution in [0.25, 0.3) is 0 Å². The van der Waals surface area contributed by atoms with Crippen molar-refractivity contribution in [1.29, 1.82) is 0 Å². The number of aromatic nitrogens is 3. The van der Waals surface area contributed by atoms with Crippen LogP contribution in [0.15, 0.2) is 24.4 Å². The van der Waals surface area contributed by atoms with E-state index in [0.717, 1.165) is 18.5 Å². The second-order valence-corrected chi connectivity index (χ2v) is 6.44. The highest BCUT2D eigenvalue weighted by Gasteiger charge is 2.35. The van der Waals surface area contributed by atoms with Crippen molar-refractivity contribution in [3.63, 3.8) is 0 Å². The topological polar surface area (TPSA) is 80.1 Å². The fourth-order valence-corrected chi connectivity index (χ4v) is 3.49. The van der Waals surface area contributed by atoms with E-state index in [1.54, 1.807) is 11.9 Å². The minimum absolute atomic E-state index is 0.00349. The molecule has 2 aromatic rings. The van der Waals surface area contributed by atoms with Crippen LogP contribution < -0.4 is 10.2 Å². The molecule has 2 amide bonds. The first-order valence-electron chi connectivity index (χ1n) is 8.19. The summed E-state index contributed by atoms with van der Waals surface area (Å²) in [6.07, 6.45) is 5.09. The maximum Gasteiger partial charge on any atom is 0.231 e. The zero-order valence-electron chi connectivity index (χ0n) is 13.5. The van der Waals surface area contributed by atoms with E-state index in [1.807, 2.05) is 6.07 Å². The summed E-state index contributed by atoms with van der Waals surface area (Å²) >= 11 is 0. The van der Waals surface area contributed by atoms with Gasteiger partial charge in [-0.05, 0) is 42.5 Å². The van der Waals surface area contributed by atoms with Gasteiger partial charge in [-0.2, -0.15) is 0 Å². The lowest BCUT2D eigenvalue weighted by molar-refractivity contribution is -0.122. The van der Waals surface area contributed by atoms with E-state index in [-0.39, 0.29) is 24.2 Å². The number of nitrogens with zero attached hydrogens (tertiary/aromatic N) is 4. The van der Waals surface area contributed by atoms with E-state index in [2.05, 4.69) is 27.8 Å². The number of carbonyl (C=O) groups is 2. The van der Waals surface area contributed by atoms with Crippen molar-refractivity contribution >= 4 is 23.3 Å². The standard InChI is InChI=1S/C17H19N5O2/c1-21-15(9-18-20-21)19-17(24)13-8-16(23)22(10-13)14-6-5-11-3-2-4-12(11)7-14/h5-7,9,13H,2-4,8,10H2,1H3,(H,19,24). The molecule has 1 aromatic heterocycles. The number of fused-ring (bicyclic) bond motifs is 1. The lowest BCUT2D eigenvalue weighted by Gasteiger charge is -2.18. The Kier molecular flexibility index (Phi) is 3.55. The number of rotatable bonds is 3. The molecule has 2 heterocycles. The number of anilines is 2. The SMILES string of the molecule is Cn1nncc1NC(=O)C1CC(=O)N(c2ccc3c(c2)CCC3)C1. The summed E-state index contributed by atoms with van der Waals surface area (Å²) in [4.78, 5) is 26.5. The van der Waals surface area contributed by atoms with Crippen LogP contribution in [0.2, 0.25) is 0 Å². The van der Waals surface area contributed by atoms with Gasteiger partial charge in [0.1, 0.15) is 0 Å². The van der Waals surface area contributed by atoms with E-state index in [9.17, 15) is 9.59 Å². The fraction of sp³-hybridized carbons (Fsp3) is 0.412. The van der Waals surface area contributed by atoms with Crippen molar-refractivity contribution in [3.05, 3.63) is 35.5 Å². The highest BCUT2D eigenvalue weighted by molar-refractivity contribution is 6.03. The van der Waals surface area contributed by atoms with Gasteiger partial charge >= 0.3 is 0 Å². The van der Waals surface area contributed by atoms with Crippen LogP contribution in [0.5, 0.6) is 0 Å². The molecule has 1 unspecified atom stereocenters. The predicted molar refractivity (Wildman–Crippen MR) is 88.6 cm³/mol. The quantitative estimate of drug-likeness (QED) is 0.922. The number of carbonyl (C=O) groups excluding carboxylic acids is 2.